The van der Waals surface area contributed by atoms with Gasteiger partial charge in [-0.15, -0.1) is 0 Å². The van der Waals surface area contributed by atoms with Gasteiger partial charge in [0.1, 0.15) is 0 Å². The van der Waals surface area contributed by atoms with Crippen molar-refractivity contribution >= 4 is 11.6 Å². The van der Waals surface area contributed by atoms with E-state index < -0.39 is 11.6 Å². The SMILES string of the molecule is CNC(c1ccc(F)c(F)c1)c1cc(Cl)ccc1C. The molecule has 19 heavy (non-hydrogen) atoms. The molecule has 4 heteroatoms. The first-order valence-electron chi connectivity index (χ1n) is 5.91. The van der Waals surface area contributed by atoms with E-state index in [1.165, 1.54) is 6.07 Å². The number of hydrogen-bond donors (Lipinski definition) is 1. The van der Waals surface area contributed by atoms with Gasteiger partial charge in [-0.3, -0.25) is 0 Å². The van der Waals surface area contributed by atoms with E-state index in [-0.39, 0.29) is 6.04 Å². The summed E-state index contributed by atoms with van der Waals surface area (Å²) in [6, 6.07) is 9.22. The molecule has 1 atom stereocenters. The van der Waals surface area contributed by atoms with Gasteiger partial charge in [0.15, 0.2) is 11.6 Å². The predicted molar refractivity (Wildman–Crippen MR) is 73.4 cm³/mol. The summed E-state index contributed by atoms with van der Waals surface area (Å²) in [4.78, 5) is 0. The Balaban J connectivity index is 2.49. The van der Waals surface area contributed by atoms with Crippen molar-refractivity contribution in [2.45, 2.75) is 13.0 Å². The Morgan fingerprint density at radius 2 is 1.79 bits per heavy atom. The summed E-state index contributed by atoms with van der Waals surface area (Å²) >= 11 is 6.00. The van der Waals surface area contributed by atoms with Gasteiger partial charge in [-0.1, -0.05) is 23.7 Å². The van der Waals surface area contributed by atoms with E-state index in [1.807, 2.05) is 19.1 Å². The van der Waals surface area contributed by atoms with Crippen LogP contribution in [0.25, 0.3) is 0 Å². The molecule has 0 spiro atoms. The van der Waals surface area contributed by atoms with Crippen LogP contribution in [0.2, 0.25) is 5.02 Å². The summed E-state index contributed by atoms with van der Waals surface area (Å²) in [6.07, 6.45) is 0. The molecule has 1 N–H and O–H groups in total. The van der Waals surface area contributed by atoms with Gasteiger partial charge in [0.25, 0.3) is 0 Å². The van der Waals surface area contributed by atoms with Crippen LogP contribution in [0, 0.1) is 18.6 Å². The Labute approximate surface area is 116 Å². The number of aryl methyl sites for hydroxylation is 1. The summed E-state index contributed by atoms with van der Waals surface area (Å²) in [5.74, 6) is -1.70. The third-order valence-electron chi connectivity index (χ3n) is 3.12. The van der Waals surface area contributed by atoms with E-state index in [1.54, 1.807) is 19.2 Å². The minimum absolute atomic E-state index is 0.228. The standard InChI is InChI=1S/C15H14ClF2N/c1-9-3-5-11(16)8-12(9)15(19-2)10-4-6-13(17)14(18)7-10/h3-8,15,19H,1-2H3. The predicted octanol–water partition coefficient (Wildman–Crippen LogP) is 4.24. The summed E-state index contributed by atoms with van der Waals surface area (Å²) in [5, 5.41) is 3.72. The highest BCUT2D eigenvalue weighted by atomic mass is 35.5. The molecule has 2 aromatic carbocycles. The van der Waals surface area contributed by atoms with Crippen molar-refractivity contribution in [2.24, 2.45) is 0 Å². The van der Waals surface area contributed by atoms with Gasteiger partial charge in [-0.2, -0.15) is 0 Å². The fraction of sp³-hybridized carbons (Fsp3) is 0.200. The van der Waals surface area contributed by atoms with Crippen LogP contribution in [0.5, 0.6) is 0 Å². The molecule has 2 rings (SSSR count). The first-order valence-corrected chi connectivity index (χ1v) is 6.29. The number of nitrogens with one attached hydrogen (secondary N) is 1. The van der Waals surface area contributed by atoms with Crippen molar-refractivity contribution in [3.63, 3.8) is 0 Å². The highest BCUT2D eigenvalue weighted by Gasteiger charge is 2.16. The Morgan fingerprint density at radius 3 is 2.42 bits per heavy atom. The molecule has 0 aliphatic heterocycles. The molecule has 100 valence electrons. The molecule has 0 aliphatic carbocycles. The quantitative estimate of drug-likeness (QED) is 0.887. The van der Waals surface area contributed by atoms with Crippen molar-refractivity contribution in [1.82, 2.24) is 5.32 Å². The average molecular weight is 282 g/mol. The van der Waals surface area contributed by atoms with Crippen LogP contribution in [-0.2, 0) is 0 Å². The summed E-state index contributed by atoms with van der Waals surface area (Å²) in [7, 11) is 1.77. The Morgan fingerprint density at radius 1 is 1.05 bits per heavy atom. The van der Waals surface area contributed by atoms with Crippen LogP contribution in [0.4, 0.5) is 8.78 Å². The molecule has 0 saturated heterocycles. The molecular weight excluding hydrogens is 268 g/mol. The second-order valence-electron chi connectivity index (χ2n) is 4.40. The maximum absolute atomic E-state index is 13.3. The third-order valence-corrected chi connectivity index (χ3v) is 3.35. The van der Waals surface area contributed by atoms with E-state index in [0.717, 1.165) is 17.2 Å². The third kappa shape index (κ3) is 2.94. The van der Waals surface area contributed by atoms with E-state index in [4.69, 9.17) is 11.6 Å². The molecule has 0 radical (unpaired) electrons. The zero-order valence-corrected chi connectivity index (χ0v) is 11.4. The topological polar surface area (TPSA) is 12.0 Å². The first-order chi connectivity index (χ1) is 9.02. The van der Waals surface area contributed by atoms with Gasteiger partial charge in [0, 0.05) is 5.02 Å². The molecule has 0 amide bonds. The number of rotatable bonds is 3. The van der Waals surface area contributed by atoms with Crippen LogP contribution in [0.3, 0.4) is 0 Å². The molecule has 0 aromatic heterocycles. The smallest absolute Gasteiger partial charge is 0.159 e. The van der Waals surface area contributed by atoms with Gasteiger partial charge in [-0.25, -0.2) is 8.78 Å². The highest BCUT2D eigenvalue weighted by Crippen LogP contribution is 2.28. The van der Waals surface area contributed by atoms with Gasteiger partial charge < -0.3 is 5.32 Å². The fourth-order valence-electron chi connectivity index (χ4n) is 2.12. The van der Waals surface area contributed by atoms with Crippen molar-refractivity contribution in [2.75, 3.05) is 7.05 Å². The van der Waals surface area contributed by atoms with Gasteiger partial charge in [0.05, 0.1) is 6.04 Å². The number of benzene rings is 2. The molecular formula is C15H14ClF2N. The molecule has 0 aliphatic rings. The molecule has 0 fully saturated rings. The molecule has 2 aromatic rings. The average Bonchev–Trinajstić information content (AvgIpc) is 2.38. The number of hydrogen-bond acceptors (Lipinski definition) is 1. The fourth-order valence-corrected chi connectivity index (χ4v) is 2.30. The lowest BCUT2D eigenvalue weighted by Gasteiger charge is -2.20. The Bertz CT molecular complexity index is 599. The zero-order chi connectivity index (χ0) is 14.0. The van der Waals surface area contributed by atoms with E-state index in [2.05, 4.69) is 5.32 Å². The van der Waals surface area contributed by atoms with Crippen LogP contribution >= 0.6 is 11.6 Å². The number of halogens is 3. The van der Waals surface area contributed by atoms with Crippen molar-refractivity contribution in [3.05, 3.63) is 69.7 Å². The minimum Gasteiger partial charge on any atom is -0.309 e. The summed E-state index contributed by atoms with van der Waals surface area (Å²) in [5.41, 5.74) is 2.64. The van der Waals surface area contributed by atoms with Crippen molar-refractivity contribution in [3.8, 4) is 0 Å². The second-order valence-corrected chi connectivity index (χ2v) is 4.83. The monoisotopic (exact) mass is 281 g/mol. The largest absolute Gasteiger partial charge is 0.309 e. The molecule has 0 saturated carbocycles. The van der Waals surface area contributed by atoms with Gasteiger partial charge in [-0.05, 0) is 54.9 Å². The van der Waals surface area contributed by atoms with Crippen LogP contribution in [-0.4, -0.2) is 7.05 Å². The Hall–Kier alpha value is -1.45. The van der Waals surface area contributed by atoms with Crippen molar-refractivity contribution < 1.29 is 8.78 Å². The molecule has 0 heterocycles. The van der Waals surface area contributed by atoms with E-state index in [9.17, 15) is 8.78 Å². The maximum atomic E-state index is 13.3. The van der Waals surface area contributed by atoms with Crippen molar-refractivity contribution in [1.29, 1.82) is 0 Å². The van der Waals surface area contributed by atoms with E-state index >= 15 is 0 Å². The Kier molecular flexibility index (Phi) is 4.17. The van der Waals surface area contributed by atoms with Gasteiger partial charge in [0.2, 0.25) is 0 Å². The molecule has 1 unspecified atom stereocenters. The van der Waals surface area contributed by atoms with Crippen LogP contribution < -0.4 is 5.32 Å². The first kappa shape index (κ1) is 14.0. The maximum Gasteiger partial charge on any atom is 0.159 e. The molecule has 1 nitrogen and oxygen atoms in total. The second kappa shape index (κ2) is 5.68. The van der Waals surface area contributed by atoms with Crippen LogP contribution in [0.1, 0.15) is 22.7 Å². The summed E-state index contributed by atoms with van der Waals surface area (Å²) < 4.78 is 26.3. The zero-order valence-electron chi connectivity index (χ0n) is 10.7. The normalized spacial score (nSPS) is 12.5. The lowest BCUT2D eigenvalue weighted by atomic mass is 9.95. The minimum atomic E-state index is -0.850. The lowest BCUT2D eigenvalue weighted by molar-refractivity contribution is 0.505. The van der Waals surface area contributed by atoms with Gasteiger partial charge >= 0.3 is 0 Å². The molecule has 0 bridgehead atoms. The highest BCUT2D eigenvalue weighted by molar-refractivity contribution is 6.30. The lowest BCUT2D eigenvalue weighted by Crippen LogP contribution is -2.19. The van der Waals surface area contributed by atoms with Crippen LogP contribution in [0.15, 0.2) is 36.4 Å². The van der Waals surface area contributed by atoms with E-state index in [0.29, 0.717) is 10.6 Å². The summed E-state index contributed by atoms with van der Waals surface area (Å²) in [6.45, 7) is 1.95.